The van der Waals surface area contributed by atoms with E-state index in [4.69, 9.17) is 0 Å². The van der Waals surface area contributed by atoms with E-state index in [1.165, 1.54) is 6.42 Å². The zero-order chi connectivity index (χ0) is 18.8. The van der Waals surface area contributed by atoms with Crippen LogP contribution in [0.4, 0.5) is 0 Å². The highest BCUT2D eigenvalue weighted by Gasteiger charge is 2.38. The van der Waals surface area contributed by atoms with E-state index in [2.05, 4.69) is 12.2 Å². The molecule has 1 aliphatic carbocycles. The zero-order valence-electron chi connectivity index (χ0n) is 15.8. The Kier molecular flexibility index (Phi) is 5.01. The van der Waals surface area contributed by atoms with Crippen LogP contribution in [0.25, 0.3) is 0 Å². The smallest absolute Gasteiger partial charge is 0.249 e. The normalized spacial score (nSPS) is 25.1. The van der Waals surface area contributed by atoms with Crippen molar-refractivity contribution in [1.82, 2.24) is 14.8 Å². The van der Waals surface area contributed by atoms with Gasteiger partial charge >= 0.3 is 0 Å². The summed E-state index contributed by atoms with van der Waals surface area (Å²) in [6.07, 6.45) is 6.45. The highest BCUT2D eigenvalue weighted by atomic mass is 16.2. The van der Waals surface area contributed by atoms with E-state index in [1.54, 1.807) is 4.90 Å². The summed E-state index contributed by atoms with van der Waals surface area (Å²) in [5.41, 5.74) is 1.93. The minimum atomic E-state index is -0.574. The van der Waals surface area contributed by atoms with Gasteiger partial charge in [0.15, 0.2) is 6.04 Å². The van der Waals surface area contributed by atoms with Crippen molar-refractivity contribution >= 4 is 11.8 Å². The molecule has 2 heterocycles. The molecule has 2 amide bonds. The molecule has 1 aromatic heterocycles. The van der Waals surface area contributed by atoms with E-state index in [9.17, 15) is 9.59 Å². The van der Waals surface area contributed by atoms with Gasteiger partial charge < -0.3 is 14.8 Å². The van der Waals surface area contributed by atoms with Gasteiger partial charge in [-0.3, -0.25) is 9.59 Å². The number of benzene rings is 1. The fraction of sp³-hybridized carbons (Fsp3) is 0.455. The molecular formula is C22H27N3O2. The molecule has 2 aliphatic rings. The van der Waals surface area contributed by atoms with E-state index < -0.39 is 6.04 Å². The quantitative estimate of drug-likeness (QED) is 0.904. The molecule has 142 valence electrons. The molecule has 0 radical (unpaired) electrons. The summed E-state index contributed by atoms with van der Waals surface area (Å²) in [7, 11) is 0. The number of fused-ring (bicyclic) bond motifs is 1. The Bertz CT molecular complexity index is 814. The minimum Gasteiger partial charge on any atom is -0.351 e. The van der Waals surface area contributed by atoms with E-state index in [0.717, 1.165) is 30.5 Å². The second-order valence-corrected chi connectivity index (χ2v) is 7.85. The van der Waals surface area contributed by atoms with Crippen molar-refractivity contribution in [3.05, 3.63) is 59.9 Å². The zero-order valence-corrected chi connectivity index (χ0v) is 15.8. The molecule has 1 N–H and O–H groups in total. The van der Waals surface area contributed by atoms with Gasteiger partial charge in [0.1, 0.15) is 6.54 Å². The molecule has 1 aromatic carbocycles. The van der Waals surface area contributed by atoms with Crippen LogP contribution < -0.4 is 5.32 Å². The topological polar surface area (TPSA) is 54.3 Å². The molecule has 3 atom stereocenters. The first-order valence-electron chi connectivity index (χ1n) is 9.92. The Morgan fingerprint density at radius 3 is 2.67 bits per heavy atom. The van der Waals surface area contributed by atoms with Gasteiger partial charge in [0.25, 0.3) is 0 Å². The lowest BCUT2D eigenvalue weighted by molar-refractivity contribution is -0.145. The SMILES string of the molecule is C[C@@H]1CCCC[C@@H]1NC(=O)[C@@H]1c2cccn2CC(=O)N1Cc1ccccc1. The second-order valence-electron chi connectivity index (χ2n) is 7.85. The van der Waals surface area contributed by atoms with Crippen LogP contribution in [0.2, 0.25) is 0 Å². The van der Waals surface area contributed by atoms with Crippen molar-refractivity contribution < 1.29 is 9.59 Å². The summed E-state index contributed by atoms with van der Waals surface area (Å²) in [6, 6.07) is 13.4. The summed E-state index contributed by atoms with van der Waals surface area (Å²) in [4.78, 5) is 27.9. The average molecular weight is 365 g/mol. The van der Waals surface area contributed by atoms with Crippen molar-refractivity contribution in [1.29, 1.82) is 0 Å². The molecule has 2 aromatic rings. The van der Waals surface area contributed by atoms with Crippen LogP contribution in [0.15, 0.2) is 48.7 Å². The molecular weight excluding hydrogens is 338 g/mol. The minimum absolute atomic E-state index is 0.0144. The van der Waals surface area contributed by atoms with Crippen LogP contribution in [0.3, 0.4) is 0 Å². The third kappa shape index (κ3) is 3.64. The molecule has 4 rings (SSSR count). The number of nitrogens with one attached hydrogen (secondary N) is 1. The van der Waals surface area contributed by atoms with Crippen LogP contribution in [-0.4, -0.2) is 27.3 Å². The summed E-state index contributed by atoms with van der Waals surface area (Å²) in [6.45, 7) is 2.95. The standard InChI is InChI=1S/C22H27N3O2/c1-16-8-5-6-11-18(16)23-22(27)21-19-12-7-13-24(19)15-20(26)25(21)14-17-9-3-2-4-10-17/h2-4,7,9-10,12-13,16,18,21H,5-6,8,11,14-15H2,1H3,(H,23,27)/t16-,18+,21+/m1/s1. The van der Waals surface area contributed by atoms with Gasteiger partial charge in [0.2, 0.25) is 11.8 Å². The van der Waals surface area contributed by atoms with Crippen molar-refractivity contribution in [2.24, 2.45) is 5.92 Å². The number of aromatic nitrogens is 1. The van der Waals surface area contributed by atoms with E-state index >= 15 is 0 Å². The molecule has 0 saturated heterocycles. The number of amides is 2. The Morgan fingerprint density at radius 1 is 1.11 bits per heavy atom. The molecule has 1 aliphatic heterocycles. The first kappa shape index (κ1) is 17.8. The number of carbonyl (C=O) groups excluding carboxylic acids is 2. The molecule has 0 spiro atoms. The van der Waals surface area contributed by atoms with Gasteiger partial charge in [-0.05, 0) is 36.5 Å². The first-order valence-corrected chi connectivity index (χ1v) is 9.92. The predicted molar refractivity (Wildman–Crippen MR) is 104 cm³/mol. The number of hydrogen-bond acceptors (Lipinski definition) is 2. The van der Waals surface area contributed by atoms with E-state index in [-0.39, 0.29) is 17.9 Å². The van der Waals surface area contributed by atoms with Crippen molar-refractivity contribution in [2.45, 2.75) is 57.8 Å². The molecule has 1 fully saturated rings. The van der Waals surface area contributed by atoms with Crippen LogP contribution >= 0.6 is 0 Å². The van der Waals surface area contributed by atoms with Crippen LogP contribution in [-0.2, 0) is 22.7 Å². The van der Waals surface area contributed by atoms with Gasteiger partial charge in [0.05, 0.1) is 5.69 Å². The van der Waals surface area contributed by atoms with Crippen molar-refractivity contribution in [3.63, 3.8) is 0 Å². The van der Waals surface area contributed by atoms with Crippen molar-refractivity contribution in [3.8, 4) is 0 Å². The lowest BCUT2D eigenvalue weighted by atomic mass is 9.85. The fourth-order valence-corrected chi connectivity index (χ4v) is 4.39. The predicted octanol–water partition coefficient (Wildman–Crippen LogP) is 3.27. The number of carbonyl (C=O) groups is 2. The highest BCUT2D eigenvalue weighted by molar-refractivity contribution is 5.90. The lowest BCUT2D eigenvalue weighted by Gasteiger charge is -2.38. The third-order valence-corrected chi connectivity index (χ3v) is 5.97. The van der Waals surface area contributed by atoms with Gasteiger partial charge in [0, 0.05) is 18.8 Å². The second kappa shape index (κ2) is 7.59. The maximum absolute atomic E-state index is 13.3. The summed E-state index contributed by atoms with van der Waals surface area (Å²) in [5, 5.41) is 3.26. The Hall–Kier alpha value is -2.56. The van der Waals surface area contributed by atoms with Crippen LogP contribution in [0.1, 0.15) is 49.9 Å². The van der Waals surface area contributed by atoms with Crippen molar-refractivity contribution in [2.75, 3.05) is 0 Å². The summed E-state index contributed by atoms with van der Waals surface area (Å²) >= 11 is 0. The first-order chi connectivity index (χ1) is 13.1. The number of nitrogens with zero attached hydrogens (tertiary/aromatic N) is 2. The third-order valence-electron chi connectivity index (χ3n) is 5.97. The Balaban J connectivity index is 1.61. The van der Waals surface area contributed by atoms with Crippen LogP contribution in [0.5, 0.6) is 0 Å². The van der Waals surface area contributed by atoms with E-state index in [1.807, 2.05) is 53.2 Å². The summed E-state index contributed by atoms with van der Waals surface area (Å²) in [5.74, 6) is 0.411. The van der Waals surface area contributed by atoms with Gasteiger partial charge in [-0.2, -0.15) is 0 Å². The van der Waals surface area contributed by atoms with Gasteiger partial charge in [-0.15, -0.1) is 0 Å². The molecule has 0 unspecified atom stereocenters. The maximum Gasteiger partial charge on any atom is 0.249 e. The maximum atomic E-state index is 13.3. The Morgan fingerprint density at radius 2 is 1.89 bits per heavy atom. The van der Waals surface area contributed by atoms with Crippen LogP contribution in [0, 0.1) is 5.92 Å². The average Bonchev–Trinajstić information content (AvgIpc) is 3.12. The monoisotopic (exact) mass is 365 g/mol. The Labute approximate surface area is 160 Å². The molecule has 0 bridgehead atoms. The largest absolute Gasteiger partial charge is 0.351 e. The fourth-order valence-electron chi connectivity index (χ4n) is 4.39. The molecule has 5 heteroatoms. The van der Waals surface area contributed by atoms with Gasteiger partial charge in [-0.1, -0.05) is 50.1 Å². The molecule has 5 nitrogen and oxygen atoms in total. The summed E-state index contributed by atoms with van der Waals surface area (Å²) < 4.78 is 1.90. The highest BCUT2D eigenvalue weighted by Crippen LogP contribution is 2.30. The lowest BCUT2D eigenvalue weighted by Crippen LogP contribution is -2.51. The van der Waals surface area contributed by atoms with E-state index in [0.29, 0.717) is 19.0 Å². The molecule has 27 heavy (non-hydrogen) atoms. The number of hydrogen-bond donors (Lipinski definition) is 1. The molecule has 1 saturated carbocycles. The number of rotatable bonds is 4. The van der Waals surface area contributed by atoms with Gasteiger partial charge in [-0.25, -0.2) is 0 Å².